The van der Waals surface area contributed by atoms with E-state index in [-0.39, 0.29) is 0 Å². The summed E-state index contributed by atoms with van der Waals surface area (Å²) in [5.74, 6) is 0. The van der Waals surface area contributed by atoms with Gasteiger partial charge in [-0.2, -0.15) is 0 Å². The fourth-order valence-electron chi connectivity index (χ4n) is 1.47. The highest BCUT2D eigenvalue weighted by Crippen LogP contribution is 2.21. The molecule has 3 aromatic heterocycles. The summed E-state index contributed by atoms with van der Waals surface area (Å²) in [6, 6.07) is 1.95. The molecular formula is C9H7N5. The van der Waals surface area contributed by atoms with Crippen molar-refractivity contribution in [3.8, 4) is 11.4 Å². The number of hydrogen-bond donors (Lipinski definition) is 2. The first-order chi connectivity index (χ1) is 6.95. The summed E-state index contributed by atoms with van der Waals surface area (Å²) in [6.45, 7) is 0. The van der Waals surface area contributed by atoms with E-state index in [9.17, 15) is 0 Å². The lowest BCUT2D eigenvalue weighted by atomic mass is 10.2. The van der Waals surface area contributed by atoms with Crippen LogP contribution in [0.25, 0.3) is 22.4 Å². The van der Waals surface area contributed by atoms with Crippen LogP contribution >= 0.6 is 0 Å². The third-order valence-corrected chi connectivity index (χ3v) is 2.11. The molecule has 5 nitrogen and oxygen atoms in total. The van der Waals surface area contributed by atoms with Crippen molar-refractivity contribution in [2.45, 2.75) is 0 Å². The van der Waals surface area contributed by atoms with Gasteiger partial charge in [0.05, 0.1) is 18.2 Å². The van der Waals surface area contributed by atoms with Crippen molar-refractivity contribution in [2.75, 3.05) is 0 Å². The van der Waals surface area contributed by atoms with Gasteiger partial charge in [0, 0.05) is 11.6 Å². The van der Waals surface area contributed by atoms with Gasteiger partial charge in [0.15, 0.2) is 0 Å². The standard InChI is InChI=1S/C9H7N5/c1-2-11-9-6(1)8(13-5-14-9)7-3-10-4-12-7/h1-5H,(H,10,12)(H,11,13,14). The van der Waals surface area contributed by atoms with Crippen molar-refractivity contribution in [3.05, 3.63) is 31.1 Å². The molecule has 0 fully saturated rings. The minimum atomic E-state index is 0.838. The molecule has 3 rings (SSSR count). The molecular weight excluding hydrogens is 178 g/mol. The second-order valence-electron chi connectivity index (χ2n) is 2.93. The number of nitrogens with zero attached hydrogens (tertiary/aromatic N) is 3. The van der Waals surface area contributed by atoms with Crippen molar-refractivity contribution in [1.82, 2.24) is 24.9 Å². The van der Waals surface area contributed by atoms with E-state index in [1.165, 1.54) is 6.33 Å². The number of imidazole rings is 1. The number of hydrogen-bond acceptors (Lipinski definition) is 3. The van der Waals surface area contributed by atoms with Crippen LogP contribution in [0, 0.1) is 0 Å². The first-order valence-corrected chi connectivity index (χ1v) is 4.22. The highest BCUT2D eigenvalue weighted by atomic mass is 14.9. The fraction of sp³-hybridized carbons (Fsp3) is 0. The summed E-state index contributed by atoms with van der Waals surface area (Å²) in [7, 11) is 0. The predicted octanol–water partition coefficient (Wildman–Crippen LogP) is 1.35. The van der Waals surface area contributed by atoms with Crippen LogP contribution in [-0.2, 0) is 0 Å². The van der Waals surface area contributed by atoms with E-state index >= 15 is 0 Å². The summed E-state index contributed by atoms with van der Waals surface area (Å²) >= 11 is 0. The quantitative estimate of drug-likeness (QED) is 0.601. The van der Waals surface area contributed by atoms with E-state index in [2.05, 4.69) is 24.9 Å². The Morgan fingerprint density at radius 3 is 3.00 bits per heavy atom. The van der Waals surface area contributed by atoms with Crippen LogP contribution in [-0.4, -0.2) is 24.9 Å². The van der Waals surface area contributed by atoms with Gasteiger partial charge in [-0.3, -0.25) is 0 Å². The molecule has 0 aliphatic heterocycles. The molecule has 0 bridgehead atoms. The predicted molar refractivity (Wildman–Crippen MR) is 51.5 cm³/mol. The molecule has 2 N–H and O–H groups in total. The van der Waals surface area contributed by atoms with E-state index in [1.54, 1.807) is 12.5 Å². The molecule has 0 atom stereocenters. The molecule has 68 valence electrons. The molecule has 0 saturated carbocycles. The first kappa shape index (κ1) is 7.25. The van der Waals surface area contributed by atoms with Gasteiger partial charge in [-0.15, -0.1) is 0 Å². The molecule has 3 aromatic rings. The molecule has 0 unspecified atom stereocenters. The van der Waals surface area contributed by atoms with Crippen LogP contribution in [0.5, 0.6) is 0 Å². The molecule has 0 spiro atoms. The zero-order valence-electron chi connectivity index (χ0n) is 7.23. The Kier molecular flexibility index (Phi) is 1.38. The van der Waals surface area contributed by atoms with Gasteiger partial charge >= 0.3 is 0 Å². The lowest BCUT2D eigenvalue weighted by Crippen LogP contribution is -1.86. The Morgan fingerprint density at radius 2 is 2.14 bits per heavy atom. The molecule has 3 heterocycles. The van der Waals surface area contributed by atoms with E-state index in [0.717, 1.165) is 22.4 Å². The van der Waals surface area contributed by atoms with Gasteiger partial charge in [0.25, 0.3) is 0 Å². The van der Waals surface area contributed by atoms with Gasteiger partial charge in [-0.25, -0.2) is 15.0 Å². The van der Waals surface area contributed by atoms with Crippen molar-refractivity contribution in [3.63, 3.8) is 0 Å². The average Bonchev–Trinajstić information content (AvgIpc) is 2.88. The zero-order chi connectivity index (χ0) is 9.38. The smallest absolute Gasteiger partial charge is 0.141 e. The highest BCUT2D eigenvalue weighted by molar-refractivity contribution is 5.89. The van der Waals surface area contributed by atoms with Crippen LogP contribution < -0.4 is 0 Å². The minimum absolute atomic E-state index is 0.838. The second kappa shape index (κ2) is 2.66. The van der Waals surface area contributed by atoms with Crippen LogP contribution in [0.1, 0.15) is 0 Å². The maximum Gasteiger partial charge on any atom is 0.141 e. The third kappa shape index (κ3) is 0.922. The lowest BCUT2D eigenvalue weighted by Gasteiger charge is -1.96. The monoisotopic (exact) mass is 185 g/mol. The SMILES string of the molecule is c1nc(-c2cnc[nH]2)c2cc[nH]c2n1. The van der Waals surface area contributed by atoms with E-state index in [0.29, 0.717) is 0 Å². The Hall–Kier alpha value is -2.17. The molecule has 0 aliphatic rings. The molecule has 14 heavy (non-hydrogen) atoms. The van der Waals surface area contributed by atoms with Gasteiger partial charge in [0.2, 0.25) is 0 Å². The molecule has 0 aromatic carbocycles. The number of aromatic nitrogens is 5. The van der Waals surface area contributed by atoms with Crippen molar-refractivity contribution in [1.29, 1.82) is 0 Å². The maximum absolute atomic E-state index is 4.22. The summed E-state index contributed by atoms with van der Waals surface area (Å²) in [6.07, 6.45) is 6.76. The third-order valence-electron chi connectivity index (χ3n) is 2.11. The fourth-order valence-corrected chi connectivity index (χ4v) is 1.47. The molecule has 0 amide bonds. The molecule has 5 heteroatoms. The topological polar surface area (TPSA) is 70.2 Å². The lowest BCUT2D eigenvalue weighted by molar-refractivity contribution is 1.19. The number of nitrogens with one attached hydrogen (secondary N) is 2. The highest BCUT2D eigenvalue weighted by Gasteiger charge is 2.06. The van der Waals surface area contributed by atoms with Crippen LogP contribution in [0.2, 0.25) is 0 Å². The molecule has 0 radical (unpaired) electrons. The van der Waals surface area contributed by atoms with Gasteiger partial charge < -0.3 is 9.97 Å². The first-order valence-electron chi connectivity index (χ1n) is 4.22. The van der Waals surface area contributed by atoms with Crippen LogP contribution in [0.4, 0.5) is 0 Å². The van der Waals surface area contributed by atoms with Crippen molar-refractivity contribution >= 4 is 11.0 Å². The largest absolute Gasteiger partial charge is 0.346 e. The number of fused-ring (bicyclic) bond motifs is 1. The van der Waals surface area contributed by atoms with Gasteiger partial charge in [0.1, 0.15) is 17.7 Å². The summed E-state index contributed by atoms with van der Waals surface area (Å²) in [5, 5.41) is 0.997. The Labute approximate surface area is 79.2 Å². The Bertz CT molecular complexity index is 551. The van der Waals surface area contributed by atoms with E-state index in [4.69, 9.17) is 0 Å². The number of rotatable bonds is 1. The minimum Gasteiger partial charge on any atom is -0.346 e. The van der Waals surface area contributed by atoms with Crippen molar-refractivity contribution in [2.24, 2.45) is 0 Å². The van der Waals surface area contributed by atoms with Crippen molar-refractivity contribution < 1.29 is 0 Å². The Morgan fingerprint density at radius 1 is 1.14 bits per heavy atom. The van der Waals surface area contributed by atoms with Gasteiger partial charge in [-0.05, 0) is 6.07 Å². The number of H-pyrrole nitrogens is 2. The summed E-state index contributed by atoms with van der Waals surface area (Å²) in [5.41, 5.74) is 2.61. The normalized spacial score (nSPS) is 10.9. The number of aromatic amines is 2. The molecule has 0 aliphatic carbocycles. The summed E-state index contributed by atoms with van der Waals surface area (Å²) < 4.78 is 0. The van der Waals surface area contributed by atoms with E-state index < -0.39 is 0 Å². The van der Waals surface area contributed by atoms with Gasteiger partial charge in [-0.1, -0.05) is 0 Å². The maximum atomic E-state index is 4.22. The van der Waals surface area contributed by atoms with E-state index in [1.807, 2.05) is 12.3 Å². The van der Waals surface area contributed by atoms with Crippen LogP contribution in [0.3, 0.4) is 0 Å². The van der Waals surface area contributed by atoms with Crippen LogP contribution in [0.15, 0.2) is 31.1 Å². The Balaban J connectivity index is 2.36. The summed E-state index contributed by atoms with van der Waals surface area (Å²) in [4.78, 5) is 18.4. The zero-order valence-corrected chi connectivity index (χ0v) is 7.23. The second-order valence-corrected chi connectivity index (χ2v) is 2.93. The molecule has 0 saturated heterocycles. The average molecular weight is 185 g/mol.